The number of hydrogen-bond acceptors (Lipinski definition) is 6. The van der Waals surface area contributed by atoms with Crippen LogP contribution in [0, 0.1) is 5.41 Å². The van der Waals surface area contributed by atoms with E-state index in [-0.39, 0.29) is 5.41 Å². The first-order valence-electron chi connectivity index (χ1n) is 8.42. The number of nitrogens with zero attached hydrogens (tertiary/aromatic N) is 5. The molecule has 2 atom stereocenters. The maximum absolute atomic E-state index is 11.5. The molecule has 1 amide bonds. The van der Waals surface area contributed by atoms with E-state index in [0.29, 0.717) is 5.92 Å². The zero-order chi connectivity index (χ0) is 16.9. The Morgan fingerprint density at radius 1 is 1.28 bits per heavy atom. The van der Waals surface area contributed by atoms with Gasteiger partial charge in [-0.3, -0.25) is 4.79 Å². The molecule has 0 bridgehead atoms. The van der Waals surface area contributed by atoms with E-state index in [1.54, 1.807) is 17.9 Å². The summed E-state index contributed by atoms with van der Waals surface area (Å²) in [6.45, 7) is 3.21. The molecule has 1 N–H and O–H groups in total. The Bertz CT molecular complexity index is 909. The van der Waals surface area contributed by atoms with Crippen LogP contribution in [0.3, 0.4) is 0 Å². The summed E-state index contributed by atoms with van der Waals surface area (Å²) in [6.07, 6.45) is 7.45. The highest BCUT2D eigenvalue weighted by molar-refractivity contribution is 7.05. The van der Waals surface area contributed by atoms with Gasteiger partial charge in [0.05, 0.1) is 5.39 Å². The van der Waals surface area contributed by atoms with Crippen molar-refractivity contribution in [2.75, 3.05) is 31.1 Å². The van der Waals surface area contributed by atoms with E-state index < -0.39 is 0 Å². The third kappa shape index (κ3) is 2.39. The predicted octanol–water partition coefficient (Wildman–Crippen LogP) is 1.87. The highest BCUT2D eigenvalue weighted by Crippen LogP contribution is 2.61. The number of H-pyrrole nitrogens is 1. The molecule has 8 heteroatoms. The Morgan fingerprint density at radius 2 is 2.24 bits per heavy atom. The van der Waals surface area contributed by atoms with Crippen molar-refractivity contribution in [1.29, 1.82) is 0 Å². The van der Waals surface area contributed by atoms with Gasteiger partial charge in [0, 0.05) is 54.8 Å². The molecular weight excluding hydrogens is 336 g/mol. The minimum absolute atomic E-state index is 0.0948. The molecule has 2 aliphatic rings. The van der Waals surface area contributed by atoms with E-state index in [2.05, 4.69) is 30.3 Å². The van der Waals surface area contributed by atoms with Gasteiger partial charge < -0.3 is 14.8 Å². The van der Waals surface area contributed by atoms with Crippen LogP contribution in [0.2, 0.25) is 0 Å². The monoisotopic (exact) mass is 354 g/mol. The zero-order valence-electron chi connectivity index (χ0n) is 13.6. The smallest absolute Gasteiger partial charge is 0.209 e. The predicted molar refractivity (Wildman–Crippen MR) is 95.6 cm³/mol. The first-order chi connectivity index (χ1) is 12.3. The van der Waals surface area contributed by atoms with Crippen LogP contribution in [-0.4, -0.2) is 56.8 Å². The van der Waals surface area contributed by atoms with E-state index in [0.717, 1.165) is 55.9 Å². The summed E-state index contributed by atoms with van der Waals surface area (Å²) in [4.78, 5) is 29.1. The number of fused-ring (bicyclic) bond motifs is 1. The average molecular weight is 354 g/mol. The Balaban J connectivity index is 1.51. The van der Waals surface area contributed by atoms with E-state index >= 15 is 0 Å². The van der Waals surface area contributed by atoms with Crippen LogP contribution in [-0.2, 0) is 4.79 Å². The largest absolute Gasteiger partial charge is 0.354 e. The SMILES string of the molecule is O=CN1CCN(c2ncnc3[nH]ccc23)CC2(CC2c2ccns2)C1. The zero-order valence-corrected chi connectivity index (χ0v) is 14.4. The number of aromatic amines is 1. The van der Waals surface area contributed by atoms with Gasteiger partial charge in [-0.05, 0) is 30.1 Å². The third-order valence-electron chi connectivity index (χ3n) is 5.45. The molecule has 0 aromatic carbocycles. The van der Waals surface area contributed by atoms with Crippen molar-refractivity contribution in [1.82, 2.24) is 24.2 Å². The molecular formula is C17H18N6OS. The molecule has 2 unspecified atom stereocenters. The van der Waals surface area contributed by atoms with Crippen molar-refractivity contribution in [2.24, 2.45) is 5.41 Å². The number of carbonyl (C=O) groups excluding carboxylic acids is 1. The number of nitrogens with one attached hydrogen (secondary N) is 1. The van der Waals surface area contributed by atoms with Gasteiger partial charge in [-0.2, -0.15) is 0 Å². The summed E-state index contributed by atoms with van der Waals surface area (Å²) in [5.74, 6) is 1.43. The summed E-state index contributed by atoms with van der Waals surface area (Å²) in [6, 6.07) is 4.13. The van der Waals surface area contributed by atoms with Crippen molar-refractivity contribution in [2.45, 2.75) is 12.3 Å². The van der Waals surface area contributed by atoms with Crippen LogP contribution in [0.1, 0.15) is 17.2 Å². The van der Waals surface area contributed by atoms with Gasteiger partial charge in [-0.1, -0.05) is 0 Å². The molecule has 25 heavy (non-hydrogen) atoms. The highest BCUT2D eigenvalue weighted by Gasteiger charge is 2.57. The van der Waals surface area contributed by atoms with Crippen LogP contribution >= 0.6 is 11.5 Å². The van der Waals surface area contributed by atoms with E-state index in [1.165, 1.54) is 4.88 Å². The normalized spacial score (nSPS) is 26.2. The first kappa shape index (κ1) is 14.8. The van der Waals surface area contributed by atoms with Crippen molar-refractivity contribution in [3.8, 4) is 0 Å². The second-order valence-corrected chi connectivity index (χ2v) is 7.83. The summed E-state index contributed by atoms with van der Waals surface area (Å²) in [5, 5.41) is 1.03. The van der Waals surface area contributed by atoms with E-state index in [4.69, 9.17) is 0 Å². The maximum Gasteiger partial charge on any atom is 0.209 e. The van der Waals surface area contributed by atoms with Crippen LogP contribution in [0.25, 0.3) is 11.0 Å². The third-order valence-corrected chi connectivity index (χ3v) is 6.31. The van der Waals surface area contributed by atoms with Crippen molar-refractivity contribution in [3.63, 3.8) is 0 Å². The maximum atomic E-state index is 11.5. The van der Waals surface area contributed by atoms with Gasteiger partial charge in [0.1, 0.15) is 17.8 Å². The molecule has 5 rings (SSSR count). The lowest BCUT2D eigenvalue weighted by atomic mass is 10.0. The van der Waals surface area contributed by atoms with Crippen LogP contribution in [0.15, 0.2) is 30.9 Å². The number of aromatic nitrogens is 4. The summed E-state index contributed by atoms with van der Waals surface area (Å²) < 4.78 is 4.26. The lowest BCUT2D eigenvalue weighted by Gasteiger charge is -2.26. The second kappa shape index (κ2) is 5.52. The van der Waals surface area contributed by atoms with Gasteiger partial charge >= 0.3 is 0 Å². The summed E-state index contributed by atoms with van der Waals surface area (Å²) in [5.41, 5.74) is 0.947. The molecule has 3 aromatic heterocycles. The molecule has 1 saturated carbocycles. The molecule has 128 valence electrons. The van der Waals surface area contributed by atoms with Crippen LogP contribution in [0.4, 0.5) is 5.82 Å². The summed E-state index contributed by atoms with van der Waals surface area (Å²) >= 11 is 1.57. The van der Waals surface area contributed by atoms with Crippen molar-refractivity contribution in [3.05, 3.63) is 35.7 Å². The van der Waals surface area contributed by atoms with Gasteiger partial charge in [-0.25, -0.2) is 14.3 Å². The number of anilines is 1. The Hall–Kier alpha value is -2.48. The van der Waals surface area contributed by atoms with Gasteiger partial charge in [0.2, 0.25) is 6.41 Å². The van der Waals surface area contributed by atoms with Crippen molar-refractivity contribution < 1.29 is 4.79 Å². The topological polar surface area (TPSA) is 78.0 Å². The fraction of sp³-hybridized carbons (Fsp3) is 0.412. The molecule has 1 saturated heterocycles. The molecule has 1 aliphatic heterocycles. The molecule has 0 radical (unpaired) electrons. The molecule has 2 fully saturated rings. The lowest BCUT2D eigenvalue weighted by molar-refractivity contribution is -0.118. The minimum Gasteiger partial charge on any atom is -0.354 e. The molecule has 1 aliphatic carbocycles. The first-order valence-corrected chi connectivity index (χ1v) is 9.19. The Labute approximate surface area is 148 Å². The quantitative estimate of drug-likeness (QED) is 0.727. The highest BCUT2D eigenvalue weighted by atomic mass is 32.1. The van der Waals surface area contributed by atoms with E-state index in [9.17, 15) is 4.79 Å². The van der Waals surface area contributed by atoms with Gasteiger partial charge in [-0.15, -0.1) is 0 Å². The molecule has 3 aromatic rings. The van der Waals surface area contributed by atoms with Gasteiger partial charge in [0.15, 0.2) is 0 Å². The van der Waals surface area contributed by atoms with Crippen molar-refractivity contribution >= 4 is 34.8 Å². The number of amides is 1. The number of carbonyl (C=O) groups is 1. The van der Waals surface area contributed by atoms with E-state index in [1.807, 2.05) is 23.4 Å². The molecule has 7 nitrogen and oxygen atoms in total. The standard InChI is InChI=1S/C17H18N6OS/c24-11-22-5-6-23(16-12-1-3-18-15(12)19-10-20-16)9-17(8-22)7-13(17)14-2-4-21-25-14/h1-4,10-11,13H,5-9H2,(H,18,19,20). The fourth-order valence-electron chi connectivity index (χ4n) is 4.13. The Morgan fingerprint density at radius 3 is 3.08 bits per heavy atom. The average Bonchev–Trinajstić information content (AvgIpc) is 3.01. The minimum atomic E-state index is 0.0948. The second-order valence-electron chi connectivity index (χ2n) is 6.97. The summed E-state index contributed by atoms with van der Waals surface area (Å²) in [7, 11) is 0. The van der Waals surface area contributed by atoms with Crippen LogP contribution in [0.5, 0.6) is 0 Å². The fourth-order valence-corrected chi connectivity index (χ4v) is 4.95. The van der Waals surface area contributed by atoms with Crippen LogP contribution < -0.4 is 4.90 Å². The lowest BCUT2D eigenvalue weighted by Crippen LogP contribution is -2.32. The molecule has 4 heterocycles. The number of hydrogen-bond donors (Lipinski definition) is 1. The molecule has 1 spiro atoms. The Kier molecular flexibility index (Phi) is 3.27. The van der Waals surface area contributed by atoms with Gasteiger partial charge in [0.25, 0.3) is 0 Å². The number of rotatable bonds is 3.